The fourth-order valence-electron chi connectivity index (χ4n) is 0.201. The number of rotatable bonds is 2. The van der Waals surface area contributed by atoms with Crippen LogP contribution in [0.25, 0.3) is 0 Å². The summed E-state index contributed by atoms with van der Waals surface area (Å²) < 4.78 is 38.5. The van der Waals surface area contributed by atoms with Gasteiger partial charge in [-0.2, -0.15) is 0 Å². The highest BCUT2D eigenvalue weighted by Crippen LogP contribution is 1.74. The molecule has 0 rings (SSSR count). The monoisotopic (exact) mass is 274 g/mol. The Morgan fingerprint density at radius 1 is 1.35 bits per heavy atom. The zero-order valence-corrected chi connectivity index (χ0v) is 11.7. The van der Waals surface area contributed by atoms with E-state index < -0.39 is 10.4 Å². The van der Waals surface area contributed by atoms with E-state index in [2.05, 4.69) is 32.5 Å². The van der Waals surface area contributed by atoms with Gasteiger partial charge in [-0.05, 0) is 6.92 Å². The van der Waals surface area contributed by atoms with Gasteiger partial charge in [0, 0.05) is 16.5 Å². The molecule has 0 saturated carbocycles. The first-order chi connectivity index (χ1) is 7.04. The van der Waals surface area contributed by atoms with Crippen LogP contribution in [0.15, 0.2) is 12.7 Å². The molecule has 17 heavy (non-hydrogen) atoms. The van der Waals surface area contributed by atoms with E-state index in [1.807, 2.05) is 0 Å². The van der Waals surface area contributed by atoms with Crippen molar-refractivity contribution in [3.05, 3.63) is 12.7 Å². The zero-order chi connectivity index (χ0) is 13.8. The lowest BCUT2D eigenvalue weighted by molar-refractivity contribution is -0.836. The van der Waals surface area contributed by atoms with E-state index in [0.29, 0.717) is 6.61 Å². The summed E-state index contributed by atoms with van der Waals surface area (Å²) in [6.07, 6.45) is 1.14. The topological polar surface area (TPSA) is 148 Å². The number of carbonyl (C=O) groups excluding carboxylic acids is 1. The van der Waals surface area contributed by atoms with Crippen LogP contribution in [0.1, 0.15) is 6.92 Å². The minimum absolute atomic E-state index is 0. The van der Waals surface area contributed by atoms with E-state index in [1.165, 1.54) is 4.90 Å². The Kier molecular flexibility index (Phi) is 22.1. The van der Waals surface area contributed by atoms with Gasteiger partial charge < -0.3 is 24.9 Å². The quantitative estimate of drug-likeness (QED) is 0.272. The molecule has 0 aliphatic heterocycles. The minimum Gasteiger partial charge on any atom is -0.759 e. The molecular weight excluding hydrogens is 252 g/mol. The largest absolute Gasteiger partial charge is 0.759 e. The Morgan fingerprint density at radius 3 is 1.65 bits per heavy atom. The lowest BCUT2D eigenvalue weighted by Crippen LogP contribution is -3.02. The molecule has 0 aromatic rings. The van der Waals surface area contributed by atoms with Crippen LogP contribution in [0.5, 0.6) is 0 Å². The maximum Gasteiger partial charge on any atom is 0.330 e. The summed E-state index contributed by atoms with van der Waals surface area (Å²) in [6, 6.07) is 0. The number of hydrogen-bond donors (Lipinski definition) is 2. The van der Waals surface area contributed by atoms with Gasteiger partial charge in [0.1, 0.15) is 0 Å². The van der Waals surface area contributed by atoms with Crippen LogP contribution in [0, 0.1) is 0 Å². The van der Waals surface area contributed by atoms with E-state index in [0.717, 1.165) is 6.08 Å². The summed E-state index contributed by atoms with van der Waals surface area (Å²) in [4.78, 5) is 11.5. The maximum absolute atomic E-state index is 10.1. The molecule has 0 aliphatic rings. The molecule has 0 saturated heterocycles. The Bertz CT molecular complexity index is 265. The van der Waals surface area contributed by atoms with Crippen molar-refractivity contribution in [2.75, 3.05) is 27.7 Å². The van der Waals surface area contributed by atoms with Gasteiger partial charge in [-0.3, -0.25) is 8.42 Å². The maximum atomic E-state index is 10.1. The van der Waals surface area contributed by atoms with Gasteiger partial charge in [0.15, 0.2) is 0 Å². The van der Waals surface area contributed by atoms with Gasteiger partial charge in [0.25, 0.3) is 0 Å². The smallest absolute Gasteiger partial charge is 0.330 e. The van der Waals surface area contributed by atoms with E-state index in [4.69, 9.17) is 17.5 Å². The third kappa shape index (κ3) is 158. The van der Waals surface area contributed by atoms with Crippen LogP contribution in [0.4, 0.5) is 0 Å². The highest BCUT2D eigenvalue weighted by molar-refractivity contribution is 7.79. The first-order valence-electron chi connectivity index (χ1n) is 4.27. The highest BCUT2D eigenvalue weighted by Gasteiger charge is 1.86. The molecule has 0 atom stereocenters. The van der Waals surface area contributed by atoms with Crippen molar-refractivity contribution in [2.45, 2.75) is 6.92 Å². The van der Waals surface area contributed by atoms with Crippen molar-refractivity contribution >= 4 is 16.4 Å². The first-order valence-corrected chi connectivity index (χ1v) is 5.60. The molecule has 0 spiro atoms. The van der Waals surface area contributed by atoms with Crippen molar-refractivity contribution in [1.82, 2.24) is 6.15 Å². The molecule has 0 aliphatic carbocycles. The number of carbonyl (C=O) groups is 1. The van der Waals surface area contributed by atoms with Crippen LogP contribution in [-0.2, 0) is 19.9 Å². The number of nitrogens with one attached hydrogen (secondary N) is 1. The van der Waals surface area contributed by atoms with Gasteiger partial charge in [-0.15, -0.1) is 0 Å². The predicted molar refractivity (Wildman–Crippen MR) is 62.0 cm³/mol. The van der Waals surface area contributed by atoms with E-state index >= 15 is 0 Å². The predicted octanol–water partition coefficient (Wildman–Crippen LogP) is -1.47. The number of esters is 1. The third-order valence-electron chi connectivity index (χ3n) is 0.453. The molecule has 8 nitrogen and oxygen atoms in total. The molecule has 5 N–H and O–H groups in total. The molecule has 0 aromatic heterocycles. The summed E-state index contributed by atoms with van der Waals surface area (Å²) in [5.41, 5.74) is 0. The fraction of sp³-hybridized carbons (Fsp3) is 0.625. The average Bonchev–Trinajstić information content (AvgIpc) is 2.00. The normalized spacial score (nSPS) is 8.65. The summed E-state index contributed by atoms with van der Waals surface area (Å²) in [5, 5.41) is 0. The Labute approximate surface area is 102 Å². The molecule has 106 valence electrons. The SMILES string of the molecule is C=CC(=O)OCC.C[NH+](C)C.O=S(=O)([O-])[O-].[NH4+]. The number of ether oxygens (including phenoxy) is 1. The molecule has 0 radical (unpaired) electrons. The lowest BCUT2D eigenvalue weighted by atomic mass is 10.6. The summed E-state index contributed by atoms with van der Waals surface area (Å²) in [7, 11) is 1.08. The molecule has 0 fully saturated rings. The van der Waals surface area contributed by atoms with Crippen LogP contribution < -0.4 is 11.1 Å². The summed E-state index contributed by atoms with van der Waals surface area (Å²) >= 11 is 0. The third-order valence-corrected chi connectivity index (χ3v) is 0.453. The molecule has 0 heterocycles. The average molecular weight is 274 g/mol. The summed E-state index contributed by atoms with van der Waals surface area (Å²) in [5.74, 6) is -0.359. The van der Waals surface area contributed by atoms with Crippen molar-refractivity contribution < 1.29 is 32.0 Å². The minimum atomic E-state index is -5.17. The second-order valence-electron chi connectivity index (χ2n) is 2.86. The van der Waals surface area contributed by atoms with Crippen LogP contribution in [0.3, 0.4) is 0 Å². The van der Waals surface area contributed by atoms with Crippen molar-refractivity contribution in [3.63, 3.8) is 0 Å². The van der Waals surface area contributed by atoms with Crippen molar-refractivity contribution in [3.8, 4) is 0 Å². The standard InChI is InChI=1S/C5H8O2.C3H9N.H3N.H2O4S/c1-3-5(6)7-4-2;1-4(2)3;;1-5(2,3)4/h3H,1,4H2,2H3;1-3H3;1H3;(H2,1,2,3,4). The van der Waals surface area contributed by atoms with Gasteiger partial charge >= 0.3 is 5.97 Å². The van der Waals surface area contributed by atoms with Crippen molar-refractivity contribution in [1.29, 1.82) is 0 Å². The molecule has 9 heteroatoms. The fourth-order valence-corrected chi connectivity index (χ4v) is 0.201. The number of quaternary nitrogens is 2. The highest BCUT2D eigenvalue weighted by atomic mass is 32.3. The second kappa shape index (κ2) is 15.0. The van der Waals surface area contributed by atoms with Crippen LogP contribution in [-0.4, -0.2) is 51.2 Å². The Morgan fingerprint density at radius 2 is 1.59 bits per heavy atom. The van der Waals surface area contributed by atoms with Crippen LogP contribution >= 0.6 is 0 Å². The summed E-state index contributed by atoms with van der Waals surface area (Å²) in [6.45, 7) is 5.38. The first kappa shape index (κ1) is 25.0. The molecular formula is C8H22N2O6S. The van der Waals surface area contributed by atoms with Gasteiger partial charge in [-0.25, -0.2) is 4.79 Å². The Hall–Kier alpha value is -1.00. The van der Waals surface area contributed by atoms with E-state index in [9.17, 15) is 4.79 Å². The number of hydrogen-bond acceptors (Lipinski definition) is 6. The Balaban J connectivity index is -0.0000000757. The van der Waals surface area contributed by atoms with Crippen LogP contribution in [0.2, 0.25) is 0 Å². The molecule has 0 unspecified atom stereocenters. The molecule has 0 aromatic carbocycles. The van der Waals surface area contributed by atoms with Gasteiger partial charge in [-0.1, -0.05) is 6.58 Å². The van der Waals surface area contributed by atoms with E-state index in [1.54, 1.807) is 6.92 Å². The molecule has 0 amide bonds. The van der Waals surface area contributed by atoms with Crippen molar-refractivity contribution in [2.24, 2.45) is 0 Å². The van der Waals surface area contributed by atoms with Gasteiger partial charge in [0.05, 0.1) is 27.7 Å². The molecule has 0 bridgehead atoms. The lowest BCUT2D eigenvalue weighted by Gasteiger charge is -2.06. The zero-order valence-electron chi connectivity index (χ0n) is 10.8. The van der Waals surface area contributed by atoms with E-state index in [-0.39, 0.29) is 12.1 Å². The second-order valence-corrected chi connectivity index (χ2v) is 3.68. The van der Waals surface area contributed by atoms with Gasteiger partial charge in [0.2, 0.25) is 0 Å².